The summed E-state index contributed by atoms with van der Waals surface area (Å²) in [4.78, 5) is 0. The van der Waals surface area contributed by atoms with Gasteiger partial charge >= 0.3 is 0 Å². The first-order chi connectivity index (χ1) is 9.97. The van der Waals surface area contributed by atoms with Gasteiger partial charge in [0.05, 0.1) is 6.10 Å². The van der Waals surface area contributed by atoms with Crippen molar-refractivity contribution in [3.63, 3.8) is 0 Å². The van der Waals surface area contributed by atoms with Gasteiger partial charge in [-0.15, -0.1) is 0 Å². The number of benzene rings is 1. The van der Waals surface area contributed by atoms with Gasteiger partial charge in [0.25, 0.3) is 0 Å². The van der Waals surface area contributed by atoms with Crippen molar-refractivity contribution in [2.24, 2.45) is 11.8 Å². The Hall–Kier alpha value is -1.18. The predicted octanol–water partition coefficient (Wildman–Crippen LogP) is 5.41. The largest absolute Gasteiger partial charge is 0.491 e. The zero-order valence-corrected chi connectivity index (χ0v) is 14.3. The molecule has 2 rings (SSSR count). The number of ether oxygens (including phenoxy) is 1. The van der Waals surface area contributed by atoms with E-state index in [1.807, 2.05) is 0 Å². The monoisotopic (exact) mass is 289 g/mol. The van der Waals surface area contributed by atoms with Crippen LogP contribution in [0.2, 0.25) is 0 Å². The van der Waals surface area contributed by atoms with E-state index in [0.29, 0.717) is 6.04 Å². The van der Waals surface area contributed by atoms with Crippen LogP contribution in [0.1, 0.15) is 58.9 Å². The second-order valence-corrected chi connectivity index (χ2v) is 7.09. The topological polar surface area (TPSA) is 21.3 Å². The summed E-state index contributed by atoms with van der Waals surface area (Å²) in [5, 5.41) is 3.81. The van der Waals surface area contributed by atoms with Gasteiger partial charge in [0, 0.05) is 11.7 Å². The lowest BCUT2D eigenvalue weighted by Crippen LogP contribution is -2.35. The Balaban J connectivity index is 2.07. The normalized spacial score (nSPS) is 22.6. The van der Waals surface area contributed by atoms with Gasteiger partial charge in [-0.05, 0) is 69.2 Å². The highest BCUT2D eigenvalue weighted by atomic mass is 16.5. The average Bonchev–Trinajstić information content (AvgIpc) is 2.41. The van der Waals surface area contributed by atoms with Crippen LogP contribution < -0.4 is 10.1 Å². The molecule has 0 spiro atoms. The molecular formula is C19H31NO. The zero-order valence-electron chi connectivity index (χ0n) is 14.3. The molecule has 0 aromatic heterocycles. The molecule has 118 valence electrons. The van der Waals surface area contributed by atoms with Crippen molar-refractivity contribution >= 4 is 5.69 Å². The molecule has 1 aliphatic carbocycles. The van der Waals surface area contributed by atoms with Crippen LogP contribution in [0.15, 0.2) is 18.2 Å². The van der Waals surface area contributed by atoms with E-state index in [-0.39, 0.29) is 6.10 Å². The molecule has 1 saturated carbocycles. The van der Waals surface area contributed by atoms with Gasteiger partial charge < -0.3 is 10.1 Å². The highest BCUT2D eigenvalue weighted by molar-refractivity contribution is 5.54. The molecule has 0 aliphatic heterocycles. The standard InChI is InChI=1S/C19H31NO/c1-13(2)17-8-6-7-9-19(17)20-18-11-10-16(12-15(18)5)21-14(3)4/h10-14,17,19-20H,6-9H2,1-5H3. The summed E-state index contributed by atoms with van der Waals surface area (Å²) >= 11 is 0. The third kappa shape index (κ3) is 4.39. The highest BCUT2D eigenvalue weighted by Crippen LogP contribution is 2.33. The predicted molar refractivity (Wildman–Crippen MR) is 91.1 cm³/mol. The van der Waals surface area contributed by atoms with Gasteiger partial charge in [0.2, 0.25) is 0 Å². The molecule has 0 radical (unpaired) electrons. The van der Waals surface area contributed by atoms with E-state index in [2.05, 4.69) is 58.1 Å². The lowest BCUT2D eigenvalue weighted by molar-refractivity contribution is 0.242. The van der Waals surface area contributed by atoms with Crippen LogP contribution >= 0.6 is 0 Å². The van der Waals surface area contributed by atoms with Gasteiger partial charge in [0.15, 0.2) is 0 Å². The maximum Gasteiger partial charge on any atom is 0.120 e. The number of hydrogen-bond donors (Lipinski definition) is 1. The molecule has 0 bridgehead atoms. The molecule has 0 heterocycles. The SMILES string of the molecule is Cc1cc(OC(C)C)ccc1NC1CCCCC1C(C)C. The van der Waals surface area contributed by atoms with Gasteiger partial charge in [-0.25, -0.2) is 0 Å². The zero-order chi connectivity index (χ0) is 15.4. The number of nitrogens with one attached hydrogen (secondary N) is 1. The summed E-state index contributed by atoms with van der Waals surface area (Å²) in [6.45, 7) is 11.0. The quantitative estimate of drug-likeness (QED) is 0.782. The summed E-state index contributed by atoms with van der Waals surface area (Å²) in [6.07, 6.45) is 5.64. The Morgan fingerprint density at radius 2 is 1.81 bits per heavy atom. The van der Waals surface area contributed by atoms with Crippen molar-refractivity contribution < 1.29 is 4.74 Å². The average molecular weight is 289 g/mol. The fourth-order valence-electron chi connectivity index (χ4n) is 3.48. The molecular weight excluding hydrogens is 258 g/mol. The first kappa shape index (κ1) is 16.2. The smallest absolute Gasteiger partial charge is 0.120 e. The van der Waals surface area contributed by atoms with Crippen LogP contribution in [0, 0.1) is 18.8 Å². The number of anilines is 1. The van der Waals surface area contributed by atoms with Gasteiger partial charge in [-0.2, -0.15) is 0 Å². The minimum absolute atomic E-state index is 0.229. The van der Waals surface area contributed by atoms with Crippen molar-refractivity contribution in [3.05, 3.63) is 23.8 Å². The van der Waals surface area contributed by atoms with Crippen molar-refractivity contribution in [2.75, 3.05) is 5.32 Å². The summed E-state index contributed by atoms with van der Waals surface area (Å²) < 4.78 is 5.77. The molecule has 1 aromatic carbocycles. The Labute approximate surface area is 130 Å². The first-order valence-corrected chi connectivity index (χ1v) is 8.51. The van der Waals surface area contributed by atoms with Crippen molar-refractivity contribution in [2.45, 2.75) is 72.4 Å². The minimum atomic E-state index is 0.229. The first-order valence-electron chi connectivity index (χ1n) is 8.51. The van der Waals surface area contributed by atoms with Gasteiger partial charge in [0.1, 0.15) is 5.75 Å². The van der Waals surface area contributed by atoms with Crippen LogP contribution in [-0.4, -0.2) is 12.1 Å². The summed E-state index contributed by atoms with van der Waals surface area (Å²) in [6, 6.07) is 7.03. The molecule has 1 aliphatic rings. The van der Waals surface area contributed by atoms with E-state index in [0.717, 1.165) is 17.6 Å². The number of aryl methyl sites for hydroxylation is 1. The molecule has 2 heteroatoms. The Kier molecular flexibility index (Phi) is 5.55. The molecule has 0 saturated heterocycles. The Bertz CT molecular complexity index is 453. The second-order valence-electron chi connectivity index (χ2n) is 7.09. The summed E-state index contributed by atoms with van der Waals surface area (Å²) in [5.74, 6) is 2.52. The molecule has 1 aromatic rings. The third-order valence-electron chi connectivity index (χ3n) is 4.59. The van der Waals surface area contributed by atoms with Gasteiger partial charge in [-0.1, -0.05) is 26.7 Å². The minimum Gasteiger partial charge on any atom is -0.491 e. The Morgan fingerprint density at radius 3 is 2.43 bits per heavy atom. The summed E-state index contributed by atoms with van der Waals surface area (Å²) in [5.41, 5.74) is 2.55. The number of rotatable bonds is 5. The highest BCUT2D eigenvalue weighted by Gasteiger charge is 2.27. The van der Waals surface area contributed by atoms with Gasteiger partial charge in [-0.3, -0.25) is 0 Å². The van der Waals surface area contributed by atoms with E-state index in [4.69, 9.17) is 4.74 Å². The maximum atomic E-state index is 5.77. The molecule has 21 heavy (non-hydrogen) atoms. The van der Waals surface area contributed by atoms with Crippen LogP contribution in [0.4, 0.5) is 5.69 Å². The van der Waals surface area contributed by atoms with Crippen LogP contribution in [0.3, 0.4) is 0 Å². The van der Waals surface area contributed by atoms with Crippen LogP contribution in [-0.2, 0) is 0 Å². The molecule has 2 nitrogen and oxygen atoms in total. The molecule has 2 unspecified atom stereocenters. The van der Waals surface area contributed by atoms with E-state index in [1.165, 1.54) is 36.9 Å². The van der Waals surface area contributed by atoms with E-state index >= 15 is 0 Å². The van der Waals surface area contributed by atoms with Crippen molar-refractivity contribution in [1.82, 2.24) is 0 Å². The Morgan fingerprint density at radius 1 is 1.10 bits per heavy atom. The maximum absolute atomic E-state index is 5.77. The lowest BCUT2D eigenvalue weighted by Gasteiger charge is -2.36. The molecule has 2 atom stereocenters. The fraction of sp³-hybridized carbons (Fsp3) is 0.684. The molecule has 1 N–H and O–H groups in total. The van der Waals surface area contributed by atoms with Crippen LogP contribution in [0.5, 0.6) is 5.75 Å². The van der Waals surface area contributed by atoms with E-state index in [9.17, 15) is 0 Å². The second kappa shape index (κ2) is 7.20. The molecule has 1 fully saturated rings. The fourth-order valence-corrected chi connectivity index (χ4v) is 3.48. The molecule has 0 amide bonds. The van der Waals surface area contributed by atoms with E-state index < -0.39 is 0 Å². The third-order valence-corrected chi connectivity index (χ3v) is 4.59. The number of hydrogen-bond acceptors (Lipinski definition) is 2. The van der Waals surface area contributed by atoms with Crippen LogP contribution in [0.25, 0.3) is 0 Å². The van der Waals surface area contributed by atoms with E-state index in [1.54, 1.807) is 0 Å². The van der Waals surface area contributed by atoms with Crippen molar-refractivity contribution in [1.29, 1.82) is 0 Å². The van der Waals surface area contributed by atoms with Crippen molar-refractivity contribution in [3.8, 4) is 5.75 Å². The lowest BCUT2D eigenvalue weighted by atomic mass is 9.77. The summed E-state index contributed by atoms with van der Waals surface area (Å²) in [7, 11) is 0.